The molecule has 98 heavy (non-hydrogen) atoms. The van der Waals surface area contributed by atoms with E-state index in [2.05, 4.69) is 341 Å². The van der Waals surface area contributed by atoms with Gasteiger partial charge in [-0.15, -0.1) is 0 Å². The zero-order valence-corrected chi connectivity index (χ0v) is 57.0. The molecule has 471 valence electrons. The first-order valence-corrected chi connectivity index (χ1v) is 35.6. The highest BCUT2D eigenvalue weighted by Gasteiger charge is 2.48. The molecule has 20 rings (SSSR count). The van der Waals surface area contributed by atoms with Gasteiger partial charge >= 0.3 is 7.69 Å². The van der Waals surface area contributed by atoms with E-state index >= 15 is 0 Å². The van der Waals surface area contributed by atoms with Gasteiger partial charge in [-0.2, -0.15) is 0 Å². The van der Waals surface area contributed by atoms with Crippen LogP contribution < -0.4 is 4.65 Å². The Bertz CT molecular complexity index is 5430. The predicted molar refractivity (Wildman–Crippen MR) is 413 cm³/mol. The van der Waals surface area contributed by atoms with Crippen molar-refractivity contribution in [2.45, 2.75) is 38.5 Å². The maximum atomic E-state index is 8.82. The van der Waals surface area contributed by atoms with Gasteiger partial charge in [0.2, 0.25) is 0 Å². The van der Waals surface area contributed by atoms with Gasteiger partial charge < -0.3 is 9.68 Å². The van der Waals surface area contributed by atoms with E-state index in [1.165, 1.54) is 111 Å². The van der Waals surface area contributed by atoms with E-state index in [4.69, 9.17) is 9.68 Å². The van der Waals surface area contributed by atoms with Gasteiger partial charge in [-0.3, -0.25) is 0 Å². The first-order valence-electron chi connectivity index (χ1n) is 34.8. The molecule has 0 amide bonds. The van der Waals surface area contributed by atoms with E-state index in [0.717, 1.165) is 15.2 Å². The van der Waals surface area contributed by atoms with E-state index in [9.17, 15) is 0 Å². The van der Waals surface area contributed by atoms with E-state index < -0.39 is 0 Å². The molecule has 10 aliphatic carbocycles. The highest BCUT2D eigenvalue weighted by atomic mass is 79.9. The topological polar surface area (TPSA) is 29.5 Å². The molecule has 0 aromatic heterocycles. The van der Waals surface area contributed by atoms with Gasteiger partial charge in [0.25, 0.3) is 0 Å². The van der Waals surface area contributed by atoms with Crippen LogP contribution in [0.4, 0.5) is 0 Å². The maximum absolute atomic E-state index is 8.82. The zero-order valence-electron chi connectivity index (χ0n) is 55.5. The average molecular weight is 1330 g/mol. The van der Waals surface area contributed by atoms with Gasteiger partial charge in [-0.25, -0.2) is 0 Å². The minimum absolute atomic E-state index is 0.00487. The fourth-order valence-electron chi connectivity index (χ4n) is 18.4. The van der Waals surface area contributed by atoms with Crippen molar-refractivity contribution in [2.24, 2.45) is 47.3 Å². The van der Waals surface area contributed by atoms with Crippen LogP contribution in [0.3, 0.4) is 0 Å². The third kappa shape index (κ3) is 10.00. The molecule has 2 fully saturated rings. The molecule has 10 aromatic rings. The average Bonchev–Trinajstić information content (AvgIpc) is 1.59. The first-order chi connectivity index (χ1) is 47.9. The van der Waals surface area contributed by atoms with Gasteiger partial charge in [-0.05, 0) is 182 Å². The molecule has 2 nitrogen and oxygen atoms in total. The molecule has 1 radical (unpaired) electrons. The largest absolute Gasteiger partial charge is 0.569 e. The summed E-state index contributed by atoms with van der Waals surface area (Å²) >= 11 is 3.61. The number of fused-ring (bicyclic) bond motifs is 14. The number of hydrogen-bond donors (Lipinski definition) is 1. The summed E-state index contributed by atoms with van der Waals surface area (Å²) in [6.45, 7) is 9.32. The number of halogens is 1. The van der Waals surface area contributed by atoms with Crippen LogP contribution in [0.1, 0.15) is 61.1 Å². The molecule has 10 aliphatic rings. The molecule has 0 saturated heterocycles. The lowest BCUT2D eigenvalue weighted by Gasteiger charge is -2.32. The van der Waals surface area contributed by atoms with E-state index in [0.29, 0.717) is 60.8 Å². The second kappa shape index (κ2) is 23.9. The Morgan fingerprint density at radius 1 is 0.316 bits per heavy atom. The Kier molecular flexibility index (Phi) is 14.7. The molecule has 4 heteroatoms. The second-order valence-electron chi connectivity index (χ2n) is 29.0. The van der Waals surface area contributed by atoms with E-state index in [1.54, 1.807) is 22.3 Å². The second-order valence-corrected chi connectivity index (χ2v) is 29.9. The molecule has 0 spiro atoms. The van der Waals surface area contributed by atoms with Crippen molar-refractivity contribution in [3.8, 4) is 61.4 Å². The predicted octanol–water partition coefficient (Wildman–Crippen LogP) is 23.5. The Morgan fingerprint density at radius 2 is 0.694 bits per heavy atom. The third-order valence-corrected chi connectivity index (χ3v) is 23.7. The third-order valence-electron chi connectivity index (χ3n) is 23.2. The van der Waals surface area contributed by atoms with Crippen LogP contribution in [0, 0.1) is 47.3 Å². The summed E-state index contributed by atoms with van der Waals surface area (Å²) in [6, 6.07) is 75.5. The molecule has 0 heterocycles. The van der Waals surface area contributed by atoms with Crippen LogP contribution in [0.15, 0.2) is 342 Å². The van der Waals surface area contributed by atoms with Crippen LogP contribution in [-0.2, 0) is 10.8 Å². The van der Waals surface area contributed by atoms with Crippen molar-refractivity contribution in [2.75, 3.05) is 0 Å². The number of hydrogen-bond acceptors (Lipinski definition) is 2. The lowest BCUT2D eigenvalue weighted by atomic mass is 9.72. The quantitative estimate of drug-likeness (QED) is 0.161. The molecular weight excluding hydrogens is 1250 g/mol. The van der Waals surface area contributed by atoms with Gasteiger partial charge in [-0.1, -0.05) is 321 Å². The molecule has 0 bridgehead atoms. The molecule has 0 aliphatic heterocycles. The monoisotopic (exact) mass is 1320 g/mol. The Labute approximate surface area is 585 Å². The lowest BCUT2D eigenvalue weighted by Crippen LogP contribution is -2.20. The minimum Gasteiger partial charge on any atom is -0.537 e. The summed E-state index contributed by atoms with van der Waals surface area (Å²) in [6.07, 6.45) is 42.1. The molecule has 1 N–H and O–H groups in total. The number of allylic oxidation sites excluding steroid dienone is 24. The van der Waals surface area contributed by atoms with Gasteiger partial charge in [0.1, 0.15) is 5.75 Å². The minimum atomic E-state index is 0.00487. The summed E-state index contributed by atoms with van der Waals surface area (Å²) in [5, 5.41) is 13.6. The van der Waals surface area contributed by atoms with E-state index in [1.807, 2.05) is 18.2 Å². The standard InChI is InChI=1S/C47H36.C25H20BO2.C22H17Br/c1-47(2)44-16-6-5-13-39(44)40-22-21-34(28-45(40)47)33-20-19-31-25-30(17-18-32(31)26-33)29-9-7-10-35(27-29)36-23-24-43-38-12-4-3-11-37(38)42-15-8-14-41(36)46(42)43;1-25(2)23-6-4-3-5-21(23)22-12-10-19(15-24(22)25)16-7-8-18-14-20(28-26-27)11-9-17(18)13-16;23-15-6-3-5-14(13-15)16-11-12-21-18-8-2-1-7-17(18)20-10-4-9-19(16)22(20)21/h3-28,37-38,41,46H,1-2H3;3-15,27H,1-2H3;1-13,17-19,22H. The summed E-state index contributed by atoms with van der Waals surface area (Å²) in [4.78, 5) is 0. The zero-order chi connectivity index (χ0) is 66.0. The highest BCUT2D eigenvalue weighted by Crippen LogP contribution is 2.59. The van der Waals surface area contributed by atoms with Crippen LogP contribution in [-0.4, -0.2) is 12.7 Å². The molecule has 10 aromatic carbocycles. The van der Waals surface area contributed by atoms with Gasteiger partial charge in [0.15, 0.2) is 0 Å². The SMILES string of the molecule is Brc1cccc(C2=CC=C3C4C=CC=CC4C4=CC=CC2C43)c1.CC1(C)c2ccccc2-c2ccc(-c3ccc4cc(-c5cccc(C6=CC=C7C8C=CC=CC8C8=CC=CC6C87)c5)ccc4c3)cc21.CC1(C)c2ccccc2-c2ccc(-c3ccc4cc(O[B]O)ccc4c3)cc21. The van der Waals surface area contributed by atoms with Crippen molar-refractivity contribution < 1.29 is 9.68 Å². The van der Waals surface area contributed by atoms with Gasteiger partial charge in [0.05, 0.1) is 0 Å². The number of benzene rings is 10. The van der Waals surface area contributed by atoms with Crippen LogP contribution in [0.25, 0.3) is 88.3 Å². The Balaban J connectivity index is 0.000000116. The summed E-state index contributed by atoms with van der Waals surface area (Å²) in [7, 11) is 0.708. The van der Waals surface area contributed by atoms with Gasteiger partial charge in [0, 0.05) is 62.6 Å². The van der Waals surface area contributed by atoms with Crippen molar-refractivity contribution in [1.29, 1.82) is 0 Å². The van der Waals surface area contributed by atoms with Crippen LogP contribution >= 0.6 is 15.9 Å². The summed E-state index contributed by atoms with van der Waals surface area (Å²) in [5.41, 5.74) is 30.4. The van der Waals surface area contributed by atoms with Crippen molar-refractivity contribution >= 4 is 56.3 Å². The summed E-state index contributed by atoms with van der Waals surface area (Å²) in [5.74, 6) is 4.63. The summed E-state index contributed by atoms with van der Waals surface area (Å²) < 4.78 is 6.21. The van der Waals surface area contributed by atoms with E-state index in [-0.39, 0.29) is 10.8 Å². The van der Waals surface area contributed by atoms with Crippen molar-refractivity contribution in [3.63, 3.8) is 0 Å². The van der Waals surface area contributed by atoms with Crippen LogP contribution in [0.2, 0.25) is 0 Å². The fraction of sp³-hybridized carbons (Fsp3) is 0.149. The van der Waals surface area contributed by atoms with Crippen LogP contribution in [0.5, 0.6) is 5.75 Å². The molecule has 8 atom stereocenters. The Morgan fingerprint density at radius 3 is 1.17 bits per heavy atom. The first kappa shape index (κ1) is 60.3. The molecular formula is C94H73BBrO2. The highest BCUT2D eigenvalue weighted by molar-refractivity contribution is 9.10. The number of rotatable bonds is 7. The molecule has 2 saturated carbocycles. The Hall–Kier alpha value is -10.1. The van der Waals surface area contributed by atoms with Crippen molar-refractivity contribution in [3.05, 3.63) is 376 Å². The maximum Gasteiger partial charge on any atom is 0.569 e. The van der Waals surface area contributed by atoms with Crippen molar-refractivity contribution in [1.82, 2.24) is 0 Å². The lowest BCUT2D eigenvalue weighted by molar-refractivity contribution is 0.454. The normalized spacial score (nSPS) is 23.1. The smallest absolute Gasteiger partial charge is 0.537 e. The fourth-order valence-corrected chi connectivity index (χ4v) is 18.8. The molecule has 8 unspecified atom stereocenters.